The Kier molecular flexibility index (Phi) is 8.33. The van der Waals surface area contributed by atoms with E-state index < -0.39 is 18.1 Å². The molecule has 1 saturated heterocycles. The number of rotatable bonds is 7. The zero-order valence-electron chi connectivity index (χ0n) is 21.4. The summed E-state index contributed by atoms with van der Waals surface area (Å²) in [5.74, 6) is -0.0244. The van der Waals surface area contributed by atoms with Gasteiger partial charge in [-0.1, -0.05) is 59.2 Å². The average molecular weight is 606 g/mol. The van der Waals surface area contributed by atoms with E-state index in [9.17, 15) is 4.79 Å². The Balaban J connectivity index is 1.43. The number of nitrogens with two attached hydrogens (primary N) is 1. The first-order valence-electron chi connectivity index (χ1n) is 12.5. The lowest BCUT2D eigenvalue weighted by Crippen LogP contribution is -2.35. The van der Waals surface area contributed by atoms with E-state index in [1.54, 1.807) is 29.1 Å². The van der Waals surface area contributed by atoms with Crippen molar-refractivity contribution in [3.8, 4) is 5.75 Å². The zero-order chi connectivity index (χ0) is 27.8. The van der Waals surface area contributed by atoms with Crippen molar-refractivity contribution in [2.45, 2.75) is 38.1 Å². The molecule has 5 rings (SSSR count). The first kappa shape index (κ1) is 28.1. The first-order chi connectivity index (χ1) is 18.6. The number of thiocarbonyl (C=S) groups is 1. The number of carbonyl (C=O) groups is 1. The van der Waals surface area contributed by atoms with Gasteiger partial charge in [-0.2, -0.15) is 0 Å². The molecule has 1 unspecified atom stereocenters. The van der Waals surface area contributed by atoms with Crippen LogP contribution in [-0.4, -0.2) is 57.6 Å². The molecule has 39 heavy (non-hydrogen) atoms. The Bertz CT molecular complexity index is 1510. The molecule has 0 bridgehead atoms. The summed E-state index contributed by atoms with van der Waals surface area (Å²) < 4.78 is 14.4. The summed E-state index contributed by atoms with van der Waals surface area (Å²) in [7, 11) is 2.11. The number of primary amides is 1. The number of hydrogen-bond donors (Lipinski definition) is 1. The van der Waals surface area contributed by atoms with Crippen molar-refractivity contribution in [2.75, 3.05) is 20.1 Å². The summed E-state index contributed by atoms with van der Waals surface area (Å²) in [5.41, 5.74) is 8.60. The number of ether oxygens (including phenoxy) is 2. The van der Waals surface area contributed by atoms with Gasteiger partial charge in [0.25, 0.3) is 0 Å². The maximum absolute atomic E-state index is 12.3. The highest BCUT2D eigenvalue weighted by Crippen LogP contribution is 2.37. The van der Waals surface area contributed by atoms with Crippen LogP contribution >= 0.6 is 47.0 Å². The van der Waals surface area contributed by atoms with E-state index in [-0.39, 0.29) is 11.7 Å². The molecule has 1 fully saturated rings. The summed E-state index contributed by atoms with van der Waals surface area (Å²) in [4.78, 5) is 19.3. The molecule has 2 heterocycles. The van der Waals surface area contributed by atoms with Gasteiger partial charge >= 0.3 is 0 Å². The molecule has 2 atom stereocenters. The minimum Gasteiger partial charge on any atom is -0.489 e. The molecule has 0 spiro atoms. The number of halogens is 3. The van der Waals surface area contributed by atoms with Crippen LogP contribution in [0.15, 0.2) is 54.4 Å². The Morgan fingerprint density at radius 3 is 2.62 bits per heavy atom. The van der Waals surface area contributed by atoms with Crippen LogP contribution in [0.2, 0.25) is 15.1 Å². The quantitative estimate of drug-likeness (QED) is 0.321. The lowest BCUT2D eigenvalue weighted by Gasteiger charge is -2.30. The standard InChI is InChI=1S/C28H27Cl3N4O3S/c1-15(18-4-3-5-24(26(18)31)38-17-6-8-34(2)9-7-17)37-25-11-16(10-19(27(25)39)28(32)36)35-14-33-22-12-20(29)21(30)13-23(22)35/h3-5,10-15,17,25H,6-9H2,1-2H3,(H2,32,36)/t15-,25?/m1/s1. The fraction of sp³-hybridized carbons (Fsp3) is 0.321. The predicted molar refractivity (Wildman–Crippen MR) is 160 cm³/mol. The molecule has 1 aliphatic heterocycles. The normalized spacial score (nSPS) is 19.6. The van der Waals surface area contributed by atoms with E-state index in [1.165, 1.54) is 0 Å². The summed E-state index contributed by atoms with van der Waals surface area (Å²) >= 11 is 24.9. The van der Waals surface area contributed by atoms with Gasteiger partial charge in [-0.25, -0.2) is 4.98 Å². The van der Waals surface area contributed by atoms with E-state index in [1.807, 2.05) is 31.2 Å². The molecular weight excluding hydrogens is 579 g/mol. The predicted octanol–water partition coefficient (Wildman–Crippen LogP) is 6.25. The van der Waals surface area contributed by atoms with Gasteiger partial charge in [0.2, 0.25) is 5.91 Å². The number of carbonyl (C=O) groups excluding carboxylic acids is 1. The van der Waals surface area contributed by atoms with E-state index in [2.05, 4.69) is 16.9 Å². The maximum atomic E-state index is 12.3. The smallest absolute Gasteiger partial charge is 0.250 e. The Labute approximate surface area is 247 Å². The Morgan fingerprint density at radius 2 is 1.90 bits per heavy atom. The number of hydrogen-bond acceptors (Lipinski definition) is 6. The van der Waals surface area contributed by atoms with Crippen molar-refractivity contribution in [1.82, 2.24) is 14.5 Å². The van der Waals surface area contributed by atoms with Crippen LogP contribution in [0, 0.1) is 0 Å². The topological polar surface area (TPSA) is 82.6 Å². The summed E-state index contributed by atoms with van der Waals surface area (Å²) in [6.45, 7) is 3.85. The monoisotopic (exact) mass is 604 g/mol. The van der Waals surface area contributed by atoms with Gasteiger partial charge in [0, 0.05) is 24.4 Å². The van der Waals surface area contributed by atoms with Gasteiger partial charge in [0.1, 0.15) is 24.3 Å². The molecule has 2 N–H and O–H groups in total. The van der Waals surface area contributed by atoms with Gasteiger partial charge < -0.3 is 20.1 Å². The van der Waals surface area contributed by atoms with Gasteiger partial charge in [-0.15, -0.1) is 0 Å². The molecule has 0 saturated carbocycles. The fourth-order valence-corrected chi connectivity index (χ4v) is 5.74. The Morgan fingerprint density at radius 1 is 1.18 bits per heavy atom. The SMILES string of the molecule is C[C@@H](OC1C=C(n2cnc3cc(Cl)c(Cl)cc32)C=C(C(N)=O)C1=S)c1cccc(OC2CCN(C)CC2)c1Cl. The largest absolute Gasteiger partial charge is 0.489 e. The van der Waals surface area contributed by atoms with E-state index in [0.29, 0.717) is 42.4 Å². The van der Waals surface area contributed by atoms with Crippen LogP contribution < -0.4 is 10.5 Å². The lowest BCUT2D eigenvalue weighted by molar-refractivity contribution is -0.114. The molecule has 2 aliphatic rings. The summed E-state index contributed by atoms with van der Waals surface area (Å²) in [6.07, 6.45) is 5.85. The minimum absolute atomic E-state index is 0.109. The van der Waals surface area contributed by atoms with Crippen LogP contribution in [0.1, 0.15) is 31.4 Å². The summed E-state index contributed by atoms with van der Waals surface area (Å²) in [5, 5.41) is 1.28. The third kappa shape index (κ3) is 5.87. The van der Waals surface area contributed by atoms with Crippen molar-refractivity contribution in [2.24, 2.45) is 5.73 Å². The molecule has 7 nitrogen and oxygen atoms in total. The number of likely N-dealkylation sites (tertiary alicyclic amines) is 1. The van der Waals surface area contributed by atoms with E-state index in [0.717, 1.165) is 31.5 Å². The third-order valence-corrected chi connectivity index (χ3v) is 8.59. The van der Waals surface area contributed by atoms with Gasteiger partial charge in [-0.3, -0.25) is 9.36 Å². The van der Waals surface area contributed by atoms with Crippen LogP contribution in [0.4, 0.5) is 0 Å². The molecule has 3 aromatic rings. The van der Waals surface area contributed by atoms with Crippen LogP contribution in [0.25, 0.3) is 16.7 Å². The number of fused-ring (bicyclic) bond motifs is 1. The average Bonchev–Trinajstić information content (AvgIpc) is 3.30. The second-order valence-corrected chi connectivity index (χ2v) is 11.4. The molecular formula is C28H27Cl3N4O3S. The minimum atomic E-state index is -0.729. The molecule has 1 aromatic heterocycles. The molecule has 2 aromatic carbocycles. The fourth-order valence-electron chi connectivity index (χ4n) is 4.81. The van der Waals surface area contributed by atoms with Gasteiger partial charge in [0.15, 0.2) is 0 Å². The van der Waals surface area contributed by atoms with Crippen LogP contribution in [0.5, 0.6) is 5.75 Å². The van der Waals surface area contributed by atoms with Crippen molar-refractivity contribution in [1.29, 1.82) is 0 Å². The van der Waals surface area contributed by atoms with Gasteiger partial charge in [-0.05, 0) is 57.2 Å². The van der Waals surface area contributed by atoms with Crippen molar-refractivity contribution >= 4 is 74.5 Å². The second-order valence-electron chi connectivity index (χ2n) is 9.73. The van der Waals surface area contributed by atoms with Gasteiger partial charge in [0.05, 0.1) is 42.6 Å². The van der Waals surface area contributed by atoms with Crippen molar-refractivity contribution < 1.29 is 14.3 Å². The highest BCUT2D eigenvalue weighted by Gasteiger charge is 2.29. The maximum Gasteiger partial charge on any atom is 0.250 e. The highest BCUT2D eigenvalue weighted by atomic mass is 35.5. The third-order valence-electron chi connectivity index (χ3n) is 7.01. The number of aromatic nitrogens is 2. The van der Waals surface area contributed by atoms with Crippen molar-refractivity contribution in [3.63, 3.8) is 0 Å². The summed E-state index contributed by atoms with van der Waals surface area (Å²) in [6, 6.07) is 9.06. The van der Waals surface area contributed by atoms with E-state index in [4.69, 9.17) is 62.2 Å². The molecule has 1 amide bonds. The molecule has 204 valence electrons. The van der Waals surface area contributed by atoms with Crippen LogP contribution in [0.3, 0.4) is 0 Å². The zero-order valence-corrected chi connectivity index (χ0v) is 24.4. The number of benzene rings is 2. The van der Waals surface area contributed by atoms with E-state index >= 15 is 0 Å². The highest BCUT2D eigenvalue weighted by molar-refractivity contribution is 7.81. The lowest BCUT2D eigenvalue weighted by atomic mass is 9.98. The van der Waals surface area contributed by atoms with Crippen LogP contribution in [-0.2, 0) is 9.53 Å². The van der Waals surface area contributed by atoms with Crippen molar-refractivity contribution in [3.05, 3.63) is 75.0 Å². The number of amides is 1. The second kappa shape index (κ2) is 11.6. The molecule has 1 aliphatic carbocycles. The number of piperidine rings is 1. The number of allylic oxidation sites excluding steroid dienone is 2. The Hall–Kier alpha value is -2.46. The molecule has 0 radical (unpaired) electrons. The molecule has 11 heteroatoms. The number of imidazole rings is 1. The first-order valence-corrected chi connectivity index (χ1v) is 14.1. The number of nitrogens with zero attached hydrogens (tertiary/aromatic N) is 3.